The molecule has 7 heteroatoms. The number of hydrogen-bond donors (Lipinski definition) is 0. The molecule has 0 N–H and O–H groups in total. The lowest BCUT2D eigenvalue weighted by atomic mass is 10.3. The fourth-order valence-electron chi connectivity index (χ4n) is 1.73. The monoisotopic (exact) mass is 271 g/mol. The molecular weight excluding hydrogens is 258 g/mol. The predicted molar refractivity (Wildman–Crippen MR) is 72.4 cm³/mol. The largest absolute Gasteiger partial charge is 0.461 e. The van der Waals surface area contributed by atoms with Gasteiger partial charge in [-0.15, -0.1) is 0 Å². The Bertz CT molecular complexity index is 644. The van der Waals surface area contributed by atoms with Gasteiger partial charge in [0.25, 0.3) is 0 Å². The molecule has 0 aliphatic rings. The summed E-state index contributed by atoms with van der Waals surface area (Å²) in [5.41, 5.74) is 9.90. The quantitative estimate of drug-likeness (QED) is 0.362. The summed E-state index contributed by atoms with van der Waals surface area (Å²) in [6.45, 7) is 2.11. The highest BCUT2D eigenvalue weighted by Crippen LogP contribution is 2.14. The van der Waals surface area contributed by atoms with Crippen molar-refractivity contribution in [2.45, 2.75) is 13.5 Å². The maximum absolute atomic E-state index is 11.9. The Hall–Kier alpha value is -2.79. The number of carbonyl (C=O) groups is 1. The average Bonchev–Trinajstić information content (AvgIpc) is 2.90. The van der Waals surface area contributed by atoms with E-state index < -0.39 is 5.97 Å². The number of nitrogens with zero attached hydrogens (tertiary/aromatic N) is 5. The fraction of sp³-hybridized carbons (Fsp3) is 0.231. The average molecular weight is 271 g/mol. The lowest BCUT2D eigenvalue weighted by molar-refractivity contribution is 0.0515. The zero-order chi connectivity index (χ0) is 14.4. The van der Waals surface area contributed by atoms with Gasteiger partial charge in [0, 0.05) is 4.91 Å². The highest BCUT2D eigenvalue weighted by Gasteiger charge is 2.17. The minimum Gasteiger partial charge on any atom is -0.461 e. The maximum atomic E-state index is 11.9. The number of para-hydroxylation sites is 1. The molecule has 0 spiro atoms. The van der Waals surface area contributed by atoms with Crippen molar-refractivity contribution in [3.05, 3.63) is 58.2 Å². The number of ether oxygens (including phenoxy) is 1. The molecule has 0 aliphatic heterocycles. The van der Waals surface area contributed by atoms with Crippen LogP contribution in [-0.4, -0.2) is 22.4 Å². The number of aromatic nitrogens is 2. The Morgan fingerprint density at radius 2 is 2.20 bits per heavy atom. The summed E-state index contributed by atoms with van der Waals surface area (Å²) >= 11 is 0. The van der Waals surface area contributed by atoms with Crippen molar-refractivity contribution in [3.63, 3.8) is 0 Å². The molecule has 0 aliphatic carbocycles. The van der Waals surface area contributed by atoms with E-state index in [4.69, 9.17) is 10.3 Å². The first kappa shape index (κ1) is 13.6. The van der Waals surface area contributed by atoms with Crippen molar-refractivity contribution in [2.24, 2.45) is 5.11 Å². The summed E-state index contributed by atoms with van der Waals surface area (Å²) in [6, 6.07) is 10.8. The maximum Gasteiger partial charge on any atom is 0.357 e. The zero-order valence-electron chi connectivity index (χ0n) is 10.9. The van der Waals surface area contributed by atoms with Crippen molar-refractivity contribution in [1.82, 2.24) is 9.78 Å². The van der Waals surface area contributed by atoms with Gasteiger partial charge in [0.05, 0.1) is 24.5 Å². The fourth-order valence-corrected chi connectivity index (χ4v) is 1.73. The van der Waals surface area contributed by atoms with E-state index >= 15 is 0 Å². The highest BCUT2D eigenvalue weighted by atomic mass is 16.5. The van der Waals surface area contributed by atoms with Crippen molar-refractivity contribution in [1.29, 1.82) is 0 Å². The number of benzene rings is 1. The van der Waals surface area contributed by atoms with Crippen LogP contribution in [0.3, 0.4) is 0 Å². The molecule has 0 saturated carbocycles. The van der Waals surface area contributed by atoms with Crippen LogP contribution in [0.4, 0.5) is 0 Å². The van der Waals surface area contributed by atoms with Crippen LogP contribution in [0, 0.1) is 0 Å². The Balaban J connectivity index is 2.44. The minimum atomic E-state index is -0.462. The van der Waals surface area contributed by atoms with Gasteiger partial charge in [0.15, 0.2) is 5.69 Å². The normalized spacial score (nSPS) is 9.85. The van der Waals surface area contributed by atoms with Gasteiger partial charge in [-0.25, -0.2) is 9.48 Å². The van der Waals surface area contributed by atoms with E-state index in [9.17, 15) is 4.79 Å². The first-order valence-electron chi connectivity index (χ1n) is 6.08. The third-order valence-electron chi connectivity index (χ3n) is 2.54. The number of hydrogen-bond acceptors (Lipinski definition) is 4. The highest BCUT2D eigenvalue weighted by molar-refractivity contribution is 5.88. The van der Waals surface area contributed by atoms with Crippen molar-refractivity contribution in [2.75, 3.05) is 6.61 Å². The molecule has 0 bridgehead atoms. The van der Waals surface area contributed by atoms with Gasteiger partial charge in [-0.1, -0.05) is 23.3 Å². The van der Waals surface area contributed by atoms with Gasteiger partial charge in [0.1, 0.15) is 0 Å². The number of esters is 1. The van der Waals surface area contributed by atoms with Crippen LogP contribution in [0.2, 0.25) is 0 Å². The summed E-state index contributed by atoms with van der Waals surface area (Å²) in [5.74, 6) is -0.462. The Morgan fingerprint density at radius 3 is 2.85 bits per heavy atom. The van der Waals surface area contributed by atoms with E-state index in [1.54, 1.807) is 13.0 Å². The van der Waals surface area contributed by atoms with Crippen LogP contribution in [0.5, 0.6) is 0 Å². The van der Waals surface area contributed by atoms with Crippen LogP contribution < -0.4 is 0 Å². The topological polar surface area (TPSA) is 92.9 Å². The van der Waals surface area contributed by atoms with E-state index in [0.29, 0.717) is 11.4 Å². The second-order valence-electron chi connectivity index (χ2n) is 3.88. The summed E-state index contributed by atoms with van der Waals surface area (Å²) in [7, 11) is 0. The van der Waals surface area contributed by atoms with Crippen LogP contribution in [0.25, 0.3) is 16.1 Å². The molecule has 2 aromatic rings. The number of carbonyl (C=O) groups excluding carboxylic acids is 1. The molecule has 1 aromatic carbocycles. The lowest BCUT2D eigenvalue weighted by Crippen LogP contribution is -2.11. The molecule has 0 saturated heterocycles. The number of rotatable bonds is 5. The lowest BCUT2D eigenvalue weighted by Gasteiger charge is -2.06. The van der Waals surface area contributed by atoms with Gasteiger partial charge in [-0.05, 0) is 30.7 Å². The van der Waals surface area contributed by atoms with Gasteiger partial charge < -0.3 is 4.74 Å². The first-order valence-corrected chi connectivity index (χ1v) is 6.08. The molecule has 1 aromatic heterocycles. The Kier molecular flexibility index (Phi) is 4.36. The molecule has 20 heavy (non-hydrogen) atoms. The van der Waals surface area contributed by atoms with E-state index in [1.807, 2.05) is 30.3 Å². The third kappa shape index (κ3) is 2.96. The van der Waals surface area contributed by atoms with Gasteiger partial charge in [-0.3, -0.25) is 0 Å². The summed E-state index contributed by atoms with van der Waals surface area (Å²) < 4.78 is 6.49. The number of azide groups is 1. The van der Waals surface area contributed by atoms with Gasteiger partial charge >= 0.3 is 5.97 Å². The molecule has 2 rings (SSSR count). The summed E-state index contributed by atoms with van der Waals surface area (Å²) in [6.07, 6.45) is 0. The van der Waals surface area contributed by atoms with Crippen molar-refractivity contribution < 1.29 is 9.53 Å². The van der Waals surface area contributed by atoms with E-state index in [1.165, 1.54) is 4.68 Å². The second-order valence-corrected chi connectivity index (χ2v) is 3.88. The zero-order valence-corrected chi connectivity index (χ0v) is 10.9. The van der Waals surface area contributed by atoms with Crippen molar-refractivity contribution in [3.8, 4) is 5.69 Å². The standard InChI is InChI=1S/C13H13N5O2/c1-2-20-13(19)12-8-10(9-15-17-14)16-18(12)11-6-4-3-5-7-11/h3-8H,2,9H2,1H3. The van der Waals surface area contributed by atoms with Crippen LogP contribution in [-0.2, 0) is 11.3 Å². The Morgan fingerprint density at radius 1 is 1.45 bits per heavy atom. The van der Waals surface area contributed by atoms with Crippen LogP contribution >= 0.6 is 0 Å². The minimum absolute atomic E-state index is 0.0861. The molecule has 0 amide bonds. The SMILES string of the molecule is CCOC(=O)c1cc(CN=[N+]=[N-])nn1-c1ccccc1. The molecule has 102 valence electrons. The van der Waals surface area contributed by atoms with Crippen LogP contribution in [0.1, 0.15) is 23.1 Å². The molecule has 0 radical (unpaired) electrons. The molecule has 0 atom stereocenters. The van der Waals surface area contributed by atoms with E-state index in [0.717, 1.165) is 5.69 Å². The molecule has 7 nitrogen and oxygen atoms in total. The van der Waals surface area contributed by atoms with E-state index in [-0.39, 0.29) is 13.2 Å². The third-order valence-corrected chi connectivity index (χ3v) is 2.54. The second kappa shape index (κ2) is 6.40. The molecular formula is C13H13N5O2. The predicted octanol–water partition coefficient (Wildman–Crippen LogP) is 2.86. The Labute approximate surface area is 115 Å². The van der Waals surface area contributed by atoms with E-state index in [2.05, 4.69) is 15.1 Å². The van der Waals surface area contributed by atoms with Crippen molar-refractivity contribution >= 4 is 5.97 Å². The van der Waals surface area contributed by atoms with Gasteiger partial charge in [-0.2, -0.15) is 5.10 Å². The molecule has 0 unspecified atom stereocenters. The van der Waals surface area contributed by atoms with Gasteiger partial charge in [0.2, 0.25) is 0 Å². The molecule has 1 heterocycles. The van der Waals surface area contributed by atoms with Crippen LogP contribution in [0.15, 0.2) is 41.5 Å². The molecule has 0 fully saturated rings. The summed E-state index contributed by atoms with van der Waals surface area (Å²) in [5, 5.41) is 7.72. The summed E-state index contributed by atoms with van der Waals surface area (Å²) in [4.78, 5) is 14.6. The first-order chi connectivity index (χ1) is 9.76. The smallest absolute Gasteiger partial charge is 0.357 e.